The third-order valence-electron chi connectivity index (χ3n) is 3.49. The van der Waals surface area contributed by atoms with Crippen LogP contribution in [0.1, 0.15) is 10.4 Å². The second-order valence-electron chi connectivity index (χ2n) is 5.09. The van der Waals surface area contributed by atoms with E-state index in [-0.39, 0.29) is 16.3 Å². The number of para-hydroxylation sites is 1. The molecule has 0 unspecified atom stereocenters. The number of non-ortho nitro benzene ring substituents is 1. The maximum Gasteiger partial charge on any atom is 0.281 e. The van der Waals surface area contributed by atoms with E-state index in [0.29, 0.717) is 11.3 Å². The highest BCUT2D eigenvalue weighted by molar-refractivity contribution is 7.16. The zero-order chi connectivity index (χ0) is 18.0. The molecule has 0 radical (unpaired) electrons. The summed E-state index contributed by atoms with van der Waals surface area (Å²) < 4.78 is 2.83. The van der Waals surface area contributed by atoms with Gasteiger partial charge in [-0.3, -0.25) is 14.9 Å². The number of fused-ring (bicyclic) bond motifs is 1. The number of aromatic nitrogens is 1. The number of nitro groups is 1. The Morgan fingerprint density at radius 1 is 1.36 bits per heavy atom. The van der Waals surface area contributed by atoms with Gasteiger partial charge in [0.15, 0.2) is 4.80 Å². The number of nitro benzene ring substituents is 1. The van der Waals surface area contributed by atoms with Crippen LogP contribution in [0.25, 0.3) is 10.2 Å². The third-order valence-corrected chi connectivity index (χ3v) is 4.88. The van der Waals surface area contributed by atoms with Gasteiger partial charge in [0, 0.05) is 18.7 Å². The zero-order valence-electron chi connectivity index (χ0n) is 12.9. The number of halogens is 1. The molecule has 0 fully saturated rings. The molecule has 126 valence electrons. The highest BCUT2D eigenvalue weighted by Gasteiger charge is 2.16. The quantitative estimate of drug-likeness (QED) is 0.391. The molecule has 0 bridgehead atoms. The minimum atomic E-state index is -0.627. The van der Waals surface area contributed by atoms with Gasteiger partial charge in [-0.2, -0.15) is 4.99 Å². The first-order chi connectivity index (χ1) is 12.0. The summed E-state index contributed by atoms with van der Waals surface area (Å²) in [6, 6.07) is 11.4. The van der Waals surface area contributed by atoms with E-state index in [4.69, 9.17) is 11.6 Å². The fraction of sp³-hybridized carbons (Fsp3) is 0.0588. The van der Waals surface area contributed by atoms with Crippen LogP contribution in [0, 0.1) is 10.1 Å². The summed E-state index contributed by atoms with van der Waals surface area (Å²) in [6.07, 6.45) is 1.71. The van der Waals surface area contributed by atoms with E-state index in [1.165, 1.54) is 23.5 Å². The normalized spacial score (nSPS) is 11.6. The van der Waals surface area contributed by atoms with Crippen molar-refractivity contribution in [3.8, 4) is 0 Å². The summed E-state index contributed by atoms with van der Waals surface area (Å²) >= 11 is 7.37. The van der Waals surface area contributed by atoms with Crippen molar-refractivity contribution in [2.75, 3.05) is 0 Å². The van der Waals surface area contributed by atoms with Crippen LogP contribution >= 0.6 is 22.9 Å². The van der Waals surface area contributed by atoms with Gasteiger partial charge < -0.3 is 4.57 Å². The Bertz CT molecular complexity index is 1070. The summed E-state index contributed by atoms with van der Waals surface area (Å²) in [4.78, 5) is 27.5. The zero-order valence-corrected chi connectivity index (χ0v) is 14.5. The van der Waals surface area contributed by atoms with Crippen LogP contribution in [-0.2, 0) is 6.54 Å². The Kier molecular flexibility index (Phi) is 4.78. The first kappa shape index (κ1) is 17.1. The highest BCUT2D eigenvalue weighted by Crippen LogP contribution is 2.23. The Labute approximate surface area is 151 Å². The molecule has 0 aliphatic carbocycles. The van der Waals surface area contributed by atoms with E-state index >= 15 is 0 Å². The Morgan fingerprint density at radius 3 is 2.84 bits per heavy atom. The standard InChI is InChI=1S/C17H12ClN3O3S/c1-2-9-20-14-5-3-4-6-15(14)25-17(20)19-16(22)12-10-11(21(23)24)7-8-13(12)18/h2-8,10H,1,9H2. The number of carbonyl (C=O) groups is 1. The van der Waals surface area contributed by atoms with Crippen LogP contribution < -0.4 is 4.80 Å². The van der Waals surface area contributed by atoms with E-state index in [1.54, 1.807) is 6.08 Å². The molecule has 0 N–H and O–H groups in total. The molecular formula is C17H12ClN3O3S. The molecule has 0 aliphatic rings. The molecule has 1 amide bonds. The van der Waals surface area contributed by atoms with Crippen molar-refractivity contribution >= 4 is 44.7 Å². The monoisotopic (exact) mass is 373 g/mol. The number of rotatable bonds is 4. The third kappa shape index (κ3) is 3.38. The molecule has 1 heterocycles. The van der Waals surface area contributed by atoms with E-state index in [9.17, 15) is 14.9 Å². The lowest BCUT2D eigenvalue weighted by atomic mass is 10.2. The van der Waals surface area contributed by atoms with Crippen molar-refractivity contribution in [1.82, 2.24) is 4.57 Å². The van der Waals surface area contributed by atoms with Crippen molar-refractivity contribution in [3.63, 3.8) is 0 Å². The molecule has 1 aromatic heterocycles. The molecule has 0 atom stereocenters. The van der Waals surface area contributed by atoms with Crippen molar-refractivity contribution in [3.05, 3.63) is 80.6 Å². The summed E-state index contributed by atoms with van der Waals surface area (Å²) in [6.45, 7) is 4.21. The van der Waals surface area contributed by atoms with Crippen LogP contribution in [0.15, 0.2) is 60.1 Å². The van der Waals surface area contributed by atoms with Crippen molar-refractivity contribution in [2.24, 2.45) is 4.99 Å². The average Bonchev–Trinajstić information content (AvgIpc) is 2.93. The molecule has 2 aromatic carbocycles. The predicted octanol–water partition coefficient (Wildman–Crippen LogP) is 4.19. The molecule has 6 nitrogen and oxygen atoms in total. The number of nitrogens with zero attached hydrogens (tertiary/aromatic N) is 3. The van der Waals surface area contributed by atoms with Gasteiger partial charge in [0.25, 0.3) is 11.6 Å². The Balaban J connectivity index is 2.15. The van der Waals surface area contributed by atoms with Crippen molar-refractivity contribution < 1.29 is 9.72 Å². The fourth-order valence-electron chi connectivity index (χ4n) is 2.35. The molecule has 3 rings (SSSR count). The Morgan fingerprint density at radius 2 is 2.12 bits per heavy atom. The lowest BCUT2D eigenvalue weighted by Gasteiger charge is -2.01. The maximum atomic E-state index is 12.5. The molecule has 0 saturated heterocycles. The van der Waals surface area contributed by atoms with Gasteiger partial charge in [-0.1, -0.05) is 41.1 Å². The molecule has 3 aromatic rings. The van der Waals surface area contributed by atoms with Gasteiger partial charge in [0.1, 0.15) is 0 Å². The summed E-state index contributed by atoms with van der Waals surface area (Å²) in [5.41, 5.74) is 0.723. The molecule has 0 saturated carbocycles. The number of allylic oxidation sites excluding steroid dienone is 1. The molecule has 0 aliphatic heterocycles. The van der Waals surface area contributed by atoms with E-state index < -0.39 is 10.8 Å². The molecule has 0 spiro atoms. The van der Waals surface area contributed by atoms with Crippen LogP contribution in [0.3, 0.4) is 0 Å². The van der Waals surface area contributed by atoms with E-state index in [2.05, 4.69) is 11.6 Å². The number of thiazole rings is 1. The van der Waals surface area contributed by atoms with Crippen molar-refractivity contribution in [2.45, 2.75) is 6.54 Å². The first-order valence-electron chi connectivity index (χ1n) is 7.23. The predicted molar refractivity (Wildman–Crippen MR) is 98.0 cm³/mol. The Hall–Kier alpha value is -2.77. The van der Waals surface area contributed by atoms with Gasteiger partial charge in [-0.25, -0.2) is 0 Å². The number of carbonyl (C=O) groups excluding carboxylic acids is 1. The van der Waals surface area contributed by atoms with Gasteiger partial charge in [0.2, 0.25) is 0 Å². The largest absolute Gasteiger partial charge is 0.312 e. The van der Waals surface area contributed by atoms with Crippen molar-refractivity contribution in [1.29, 1.82) is 0 Å². The van der Waals surface area contributed by atoms with Crippen LogP contribution in [-0.4, -0.2) is 15.4 Å². The number of hydrogen-bond acceptors (Lipinski definition) is 4. The topological polar surface area (TPSA) is 77.5 Å². The second-order valence-corrected chi connectivity index (χ2v) is 6.51. The van der Waals surface area contributed by atoms with Gasteiger partial charge in [-0.15, -0.1) is 6.58 Å². The number of benzene rings is 2. The van der Waals surface area contributed by atoms with Crippen LogP contribution in [0.4, 0.5) is 5.69 Å². The first-order valence-corrected chi connectivity index (χ1v) is 8.43. The van der Waals surface area contributed by atoms with E-state index in [1.807, 2.05) is 28.8 Å². The number of amides is 1. The minimum Gasteiger partial charge on any atom is -0.312 e. The van der Waals surface area contributed by atoms with Gasteiger partial charge >= 0.3 is 0 Å². The smallest absolute Gasteiger partial charge is 0.281 e. The summed E-state index contributed by atoms with van der Waals surface area (Å²) in [5, 5.41) is 11.0. The van der Waals surface area contributed by atoms with Crippen LogP contribution in [0.2, 0.25) is 5.02 Å². The van der Waals surface area contributed by atoms with Gasteiger partial charge in [-0.05, 0) is 18.2 Å². The maximum absolute atomic E-state index is 12.5. The lowest BCUT2D eigenvalue weighted by Crippen LogP contribution is -2.16. The summed E-state index contributed by atoms with van der Waals surface area (Å²) in [5.74, 6) is -0.627. The molecular weight excluding hydrogens is 362 g/mol. The van der Waals surface area contributed by atoms with Gasteiger partial charge in [0.05, 0.1) is 25.7 Å². The SMILES string of the molecule is C=CCn1c(=NC(=O)c2cc([N+](=O)[O-])ccc2Cl)sc2ccccc21. The highest BCUT2D eigenvalue weighted by atomic mass is 35.5. The average molecular weight is 374 g/mol. The fourth-order valence-corrected chi connectivity index (χ4v) is 3.59. The lowest BCUT2D eigenvalue weighted by molar-refractivity contribution is -0.384. The number of hydrogen-bond donors (Lipinski definition) is 0. The van der Waals surface area contributed by atoms with Crippen LogP contribution in [0.5, 0.6) is 0 Å². The molecule has 8 heteroatoms. The van der Waals surface area contributed by atoms with E-state index in [0.717, 1.165) is 16.3 Å². The second kappa shape index (κ2) is 7.00. The molecule has 25 heavy (non-hydrogen) atoms. The minimum absolute atomic E-state index is 0.00141. The summed E-state index contributed by atoms with van der Waals surface area (Å²) in [7, 11) is 0.